The summed E-state index contributed by atoms with van der Waals surface area (Å²) < 4.78 is 2.07. The van der Waals surface area contributed by atoms with E-state index in [0.717, 1.165) is 13.7 Å². The Morgan fingerprint density at radius 3 is 2.59 bits per heavy atom. The number of rotatable bonds is 3. The van der Waals surface area contributed by atoms with Crippen LogP contribution in [0.15, 0.2) is 22.7 Å². The van der Waals surface area contributed by atoms with Crippen LogP contribution in [0.1, 0.15) is 13.8 Å². The van der Waals surface area contributed by atoms with E-state index >= 15 is 0 Å². The fourth-order valence-electron chi connectivity index (χ4n) is 0.967. The van der Waals surface area contributed by atoms with Crippen LogP contribution >= 0.6 is 50.9 Å². The van der Waals surface area contributed by atoms with Gasteiger partial charge in [-0.2, -0.15) is 0 Å². The van der Waals surface area contributed by atoms with E-state index in [2.05, 4.69) is 43.8 Å². The summed E-state index contributed by atoms with van der Waals surface area (Å²) in [6.45, 7) is 3.98. The average Bonchev–Trinajstić information content (AvgIpc) is 2.23. The van der Waals surface area contributed by atoms with E-state index in [1.165, 1.54) is 0 Å². The van der Waals surface area contributed by atoms with E-state index in [-0.39, 0.29) is 18.3 Å². The zero-order valence-corrected chi connectivity index (χ0v) is 14.1. The van der Waals surface area contributed by atoms with Crippen molar-refractivity contribution < 1.29 is 4.79 Å². The molecule has 0 aliphatic carbocycles. The number of benzene rings is 1. The van der Waals surface area contributed by atoms with Crippen LogP contribution in [-0.2, 0) is 4.79 Å². The van der Waals surface area contributed by atoms with Crippen molar-refractivity contribution in [3.05, 3.63) is 26.2 Å². The van der Waals surface area contributed by atoms with Gasteiger partial charge in [0.05, 0.1) is 5.41 Å². The predicted molar refractivity (Wildman–Crippen MR) is 85.6 cm³/mol. The molecule has 6 heteroatoms. The second kappa shape index (κ2) is 6.92. The van der Waals surface area contributed by atoms with Crippen LogP contribution in [0.25, 0.3) is 0 Å². The molecule has 0 unspecified atom stereocenters. The van der Waals surface area contributed by atoms with E-state index in [1.54, 1.807) is 0 Å². The maximum Gasteiger partial charge on any atom is 0.231 e. The third-order valence-corrected chi connectivity index (χ3v) is 4.63. The third-order valence-electron chi connectivity index (χ3n) is 2.30. The Hall–Kier alpha value is 0.150. The molecule has 1 aromatic carbocycles. The molecule has 0 aliphatic heterocycles. The molecule has 0 bridgehead atoms. The lowest BCUT2D eigenvalue weighted by molar-refractivity contribution is -0.123. The number of hydrogen-bond acceptors (Lipinski definition) is 2. The lowest BCUT2D eigenvalue weighted by Gasteiger charge is -2.21. The topological polar surface area (TPSA) is 55.1 Å². The van der Waals surface area contributed by atoms with E-state index in [9.17, 15) is 4.79 Å². The third kappa shape index (κ3) is 4.73. The normalized spacial score (nSPS) is 10.6. The molecule has 0 heterocycles. The molecule has 0 saturated heterocycles. The molecule has 0 atom stereocenters. The first-order chi connectivity index (χ1) is 7.36. The molecule has 0 fully saturated rings. The van der Waals surface area contributed by atoms with Gasteiger partial charge in [-0.25, -0.2) is 0 Å². The fourth-order valence-corrected chi connectivity index (χ4v) is 1.73. The van der Waals surface area contributed by atoms with Crippen molar-refractivity contribution in [1.29, 1.82) is 0 Å². The largest absolute Gasteiger partial charge is 0.329 e. The highest BCUT2D eigenvalue weighted by molar-refractivity contribution is 14.1. The molecule has 0 spiro atoms. The van der Waals surface area contributed by atoms with Gasteiger partial charge < -0.3 is 11.1 Å². The van der Waals surface area contributed by atoms with E-state index in [0.29, 0.717) is 6.54 Å². The summed E-state index contributed by atoms with van der Waals surface area (Å²) in [5.74, 6) is -0.0619. The lowest BCUT2D eigenvalue weighted by atomic mass is 9.92. The molecular formula is C11H15BrClIN2O. The van der Waals surface area contributed by atoms with Gasteiger partial charge >= 0.3 is 0 Å². The number of hydrogen-bond donors (Lipinski definition) is 2. The van der Waals surface area contributed by atoms with Crippen molar-refractivity contribution in [2.24, 2.45) is 11.1 Å². The second-order valence-electron chi connectivity index (χ2n) is 4.17. The first kappa shape index (κ1) is 17.2. The van der Waals surface area contributed by atoms with Crippen molar-refractivity contribution in [2.45, 2.75) is 13.8 Å². The molecule has 0 aromatic heterocycles. The first-order valence-electron chi connectivity index (χ1n) is 4.83. The number of amides is 1. The summed E-state index contributed by atoms with van der Waals surface area (Å²) in [5, 5.41) is 2.86. The fraction of sp³-hybridized carbons (Fsp3) is 0.364. The van der Waals surface area contributed by atoms with Gasteiger partial charge in [0.1, 0.15) is 0 Å². The molecule has 17 heavy (non-hydrogen) atoms. The number of halogens is 3. The summed E-state index contributed by atoms with van der Waals surface area (Å²) in [7, 11) is 0. The van der Waals surface area contributed by atoms with Gasteiger partial charge in [-0.1, -0.05) is 0 Å². The molecule has 1 rings (SSSR count). The maximum atomic E-state index is 11.9. The Morgan fingerprint density at radius 1 is 1.53 bits per heavy atom. The monoisotopic (exact) mass is 432 g/mol. The van der Waals surface area contributed by atoms with Crippen molar-refractivity contribution in [3.63, 3.8) is 0 Å². The minimum Gasteiger partial charge on any atom is -0.329 e. The van der Waals surface area contributed by atoms with Crippen LogP contribution in [0.4, 0.5) is 5.69 Å². The Labute approximate surface area is 130 Å². The highest BCUT2D eigenvalue weighted by Gasteiger charge is 2.25. The highest BCUT2D eigenvalue weighted by Crippen LogP contribution is 2.24. The average molecular weight is 434 g/mol. The molecular weight excluding hydrogens is 418 g/mol. The number of carbonyl (C=O) groups is 1. The molecule has 0 aliphatic rings. The molecule has 1 aromatic rings. The van der Waals surface area contributed by atoms with Crippen LogP contribution in [0.2, 0.25) is 0 Å². The van der Waals surface area contributed by atoms with Crippen LogP contribution in [-0.4, -0.2) is 12.5 Å². The van der Waals surface area contributed by atoms with Gasteiger partial charge in [-0.3, -0.25) is 4.79 Å². The predicted octanol–water partition coefficient (Wildman–Crippen LogP) is 3.40. The number of anilines is 1. The highest BCUT2D eigenvalue weighted by atomic mass is 127. The Kier molecular flexibility index (Phi) is 6.98. The van der Waals surface area contributed by atoms with Crippen LogP contribution < -0.4 is 11.1 Å². The zero-order chi connectivity index (χ0) is 12.3. The van der Waals surface area contributed by atoms with Crippen molar-refractivity contribution in [3.8, 4) is 0 Å². The Balaban J connectivity index is 0.00000256. The Morgan fingerprint density at radius 2 is 2.12 bits per heavy atom. The smallest absolute Gasteiger partial charge is 0.231 e. The quantitative estimate of drug-likeness (QED) is 0.718. The lowest BCUT2D eigenvalue weighted by Crippen LogP contribution is -2.37. The molecule has 0 saturated carbocycles. The number of nitrogens with one attached hydrogen (secondary N) is 1. The maximum absolute atomic E-state index is 11.9. The van der Waals surface area contributed by atoms with Crippen LogP contribution in [0.5, 0.6) is 0 Å². The van der Waals surface area contributed by atoms with E-state index in [1.807, 2.05) is 32.0 Å². The van der Waals surface area contributed by atoms with E-state index < -0.39 is 5.41 Å². The molecule has 3 N–H and O–H groups in total. The molecule has 1 amide bonds. The van der Waals surface area contributed by atoms with Gasteiger partial charge in [-0.15, -0.1) is 12.4 Å². The van der Waals surface area contributed by atoms with Gasteiger partial charge in [0, 0.05) is 20.3 Å². The zero-order valence-electron chi connectivity index (χ0n) is 9.59. The SMILES string of the molecule is CC(C)(CN)C(=O)Nc1ccc(Br)c(I)c1.Cl. The van der Waals surface area contributed by atoms with E-state index in [4.69, 9.17) is 5.73 Å². The number of nitrogens with two attached hydrogens (primary N) is 1. The summed E-state index contributed by atoms with van der Waals surface area (Å²) in [4.78, 5) is 11.9. The Bertz CT molecular complexity index is 412. The number of carbonyl (C=O) groups excluding carboxylic acids is 1. The van der Waals surface area contributed by atoms with Gasteiger partial charge in [0.15, 0.2) is 0 Å². The first-order valence-corrected chi connectivity index (χ1v) is 6.70. The van der Waals surface area contributed by atoms with Gasteiger partial charge in [0.25, 0.3) is 0 Å². The summed E-state index contributed by atoms with van der Waals surface area (Å²) in [5.41, 5.74) is 5.79. The van der Waals surface area contributed by atoms with Crippen molar-refractivity contribution >= 4 is 62.5 Å². The van der Waals surface area contributed by atoms with Crippen molar-refractivity contribution in [1.82, 2.24) is 0 Å². The second-order valence-corrected chi connectivity index (χ2v) is 6.19. The molecule has 0 radical (unpaired) electrons. The minimum atomic E-state index is -0.543. The van der Waals surface area contributed by atoms with Crippen molar-refractivity contribution in [2.75, 3.05) is 11.9 Å². The summed E-state index contributed by atoms with van der Waals surface area (Å²) in [6.07, 6.45) is 0. The summed E-state index contributed by atoms with van der Waals surface area (Å²) in [6, 6.07) is 5.68. The molecule has 3 nitrogen and oxygen atoms in total. The summed E-state index contributed by atoms with van der Waals surface area (Å²) >= 11 is 5.61. The molecule has 96 valence electrons. The van der Waals surface area contributed by atoms with Crippen LogP contribution in [0.3, 0.4) is 0 Å². The van der Waals surface area contributed by atoms with Gasteiger partial charge in [-0.05, 0) is 70.6 Å². The standard InChI is InChI=1S/C11H14BrIN2O.ClH/c1-11(2,6-14)10(16)15-7-3-4-8(12)9(13)5-7;/h3-5H,6,14H2,1-2H3,(H,15,16);1H. The van der Waals surface area contributed by atoms with Gasteiger partial charge in [0.2, 0.25) is 5.91 Å². The minimum absolute atomic E-state index is 0. The van der Waals surface area contributed by atoms with Crippen LogP contribution in [0, 0.1) is 8.99 Å².